The highest BCUT2D eigenvalue weighted by Gasteiger charge is 2.14. The van der Waals surface area contributed by atoms with E-state index in [2.05, 4.69) is 109 Å². The SMILES string of the molecule is CC(C)C1=CN(c2ccc(C(C)C)cc2)NN1.CC(C)c1ccc(C(C)C)s1. The fourth-order valence-corrected chi connectivity index (χ4v) is 3.79. The quantitative estimate of drug-likeness (QED) is 0.560. The van der Waals surface area contributed by atoms with E-state index in [4.69, 9.17) is 0 Å². The minimum absolute atomic E-state index is 0.502. The van der Waals surface area contributed by atoms with Crippen molar-refractivity contribution < 1.29 is 0 Å². The Morgan fingerprint density at radius 2 is 1.21 bits per heavy atom. The van der Waals surface area contributed by atoms with E-state index in [1.54, 1.807) is 0 Å². The molecule has 154 valence electrons. The molecule has 2 N–H and O–H groups in total. The Kier molecular flexibility index (Phi) is 8.14. The first kappa shape index (κ1) is 22.5. The number of allylic oxidation sites excluding steroid dienone is 1. The van der Waals surface area contributed by atoms with Crippen LogP contribution in [0.2, 0.25) is 0 Å². The third-order valence-corrected chi connectivity index (χ3v) is 6.52. The molecule has 0 amide bonds. The average molecular weight is 400 g/mol. The van der Waals surface area contributed by atoms with E-state index in [0.29, 0.717) is 23.7 Å². The Labute approximate surface area is 175 Å². The molecule has 3 nitrogen and oxygen atoms in total. The number of thiophene rings is 1. The van der Waals surface area contributed by atoms with Gasteiger partial charge >= 0.3 is 0 Å². The highest BCUT2D eigenvalue weighted by Crippen LogP contribution is 2.28. The summed E-state index contributed by atoms with van der Waals surface area (Å²) in [5.41, 5.74) is 10.0. The lowest BCUT2D eigenvalue weighted by atomic mass is 10.0. The lowest BCUT2D eigenvalue weighted by Crippen LogP contribution is -2.36. The largest absolute Gasteiger partial charge is 0.306 e. The first-order valence-electron chi connectivity index (χ1n) is 10.4. The van der Waals surface area contributed by atoms with E-state index in [1.165, 1.54) is 21.0 Å². The van der Waals surface area contributed by atoms with Crippen molar-refractivity contribution >= 4 is 17.0 Å². The average Bonchev–Trinajstić information content (AvgIpc) is 3.32. The van der Waals surface area contributed by atoms with Gasteiger partial charge in [0.1, 0.15) is 0 Å². The molecule has 0 saturated heterocycles. The minimum Gasteiger partial charge on any atom is -0.306 e. The maximum Gasteiger partial charge on any atom is 0.0589 e. The monoisotopic (exact) mass is 399 g/mol. The van der Waals surface area contributed by atoms with E-state index >= 15 is 0 Å². The molecule has 0 saturated carbocycles. The summed E-state index contributed by atoms with van der Waals surface area (Å²) in [7, 11) is 0. The topological polar surface area (TPSA) is 27.3 Å². The van der Waals surface area contributed by atoms with Crippen molar-refractivity contribution in [2.75, 3.05) is 5.01 Å². The zero-order valence-electron chi connectivity index (χ0n) is 18.7. The molecule has 1 aliphatic rings. The number of rotatable bonds is 5. The molecule has 0 atom stereocenters. The van der Waals surface area contributed by atoms with Crippen LogP contribution < -0.4 is 16.0 Å². The molecule has 28 heavy (non-hydrogen) atoms. The van der Waals surface area contributed by atoms with Gasteiger partial charge in [0.15, 0.2) is 0 Å². The number of nitrogens with one attached hydrogen (secondary N) is 2. The number of benzene rings is 1. The second-order valence-electron chi connectivity index (χ2n) is 8.64. The standard InChI is InChI=1S/C14H21N3.C10H16S/c1-10(2)12-5-7-13(8-6-12)17-9-14(11(3)4)15-16-17;1-7(2)9-5-6-10(11-9)8(3)4/h5-11,15-16H,1-4H3;5-8H,1-4H3. The van der Waals surface area contributed by atoms with Gasteiger partial charge in [-0.25, -0.2) is 0 Å². The van der Waals surface area contributed by atoms with Gasteiger partial charge in [-0.15, -0.1) is 16.9 Å². The number of nitrogens with zero attached hydrogens (tertiary/aromatic N) is 1. The van der Waals surface area contributed by atoms with Crippen molar-refractivity contribution in [2.24, 2.45) is 5.92 Å². The third kappa shape index (κ3) is 6.11. The van der Waals surface area contributed by atoms with Gasteiger partial charge in [-0.3, -0.25) is 5.01 Å². The first-order chi connectivity index (χ1) is 13.2. The van der Waals surface area contributed by atoms with Crippen LogP contribution in [-0.4, -0.2) is 0 Å². The lowest BCUT2D eigenvalue weighted by molar-refractivity contribution is 0.600. The van der Waals surface area contributed by atoms with Crippen molar-refractivity contribution in [2.45, 2.75) is 73.1 Å². The van der Waals surface area contributed by atoms with Crippen molar-refractivity contribution in [3.8, 4) is 0 Å². The van der Waals surface area contributed by atoms with Crippen LogP contribution >= 0.6 is 11.3 Å². The molecule has 0 bridgehead atoms. The summed E-state index contributed by atoms with van der Waals surface area (Å²) in [6, 6.07) is 13.2. The van der Waals surface area contributed by atoms with Gasteiger partial charge in [0.2, 0.25) is 0 Å². The van der Waals surface area contributed by atoms with Crippen LogP contribution in [0.15, 0.2) is 48.3 Å². The van der Waals surface area contributed by atoms with E-state index in [-0.39, 0.29) is 0 Å². The predicted molar refractivity (Wildman–Crippen MR) is 125 cm³/mol. The Morgan fingerprint density at radius 1 is 0.679 bits per heavy atom. The fraction of sp³-hybridized carbons (Fsp3) is 0.500. The molecule has 0 unspecified atom stereocenters. The van der Waals surface area contributed by atoms with Crippen LogP contribution in [0.4, 0.5) is 5.69 Å². The second-order valence-corrected chi connectivity index (χ2v) is 9.79. The smallest absolute Gasteiger partial charge is 0.0589 e. The summed E-state index contributed by atoms with van der Waals surface area (Å²) in [5, 5.41) is 2.01. The molecule has 0 spiro atoms. The van der Waals surface area contributed by atoms with Crippen LogP contribution in [0.5, 0.6) is 0 Å². The summed E-state index contributed by atoms with van der Waals surface area (Å²) in [6.45, 7) is 17.7. The molecule has 1 aromatic heterocycles. The van der Waals surface area contributed by atoms with Crippen molar-refractivity contribution in [3.05, 3.63) is 63.6 Å². The normalized spacial score (nSPS) is 13.9. The van der Waals surface area contributed by atoms with Crippen LogP contribution in [0.1, 0.15) is 88.5 Å². The molecular weight excluding hydrogens is 362 g/mol. The van der Waals surface area contributed by atoms with Crippen LogP contribution in [0, 0.1) is 5.92 Å². The van der Waals surface area contributed by atoms with E-state index < -0.39 is 0 Å². The van der Waals surface area contributed by atoms with E-state index in [1.807, 2.05) is 16.3 Å². The minimum atomic E-state index is 0.502. The Balaban J connectivity index is 0.000000221. The maximum absolute atomic E-state index is 3.18. The Hall–Kier alpha value is -1.78. The molecule has 2 heterocycles. The van der Waals surface area contributed by atoms with Crippen LogP contribution in [-0.2, 0) is 0 Å². The molecular formula is C24H37N3S. The van der Waals surface area contributed by atoms with Gasteiger partial charge in [0, 0.05) is 21.7 Å². The Bertz CT molecular complexity index is 732. The highest BCUT2D eigenvalue weighted by molar-refractivity contribution is 7.12. The second kappa shape index (κ2) is 10.1. The number of hydrogen-bond acceptors (Lipinski definition) is 4. The van der Waals surface area contributed by atoms with Gasteiger partial charge in [-0.05, 0) is 53.5 Å². The summed E-state index contributed by atoms with van der Waals surface area (Å²) in [5.74, 6) is 2.46. The fourth-order valence-electron chi connectivity index (χ4n) is 2.77. The number of anilines is 1. The molecule has 0 fully saturated rings. The number of hydrazine groups is 2. The maximum atomic E-state index is 3.18. The molecule has 2 aromatic rings. The molecule has 0 aliphatic carbocycles. The van der Waals surface area contributed by atoms with Gasteiger partial charge in [-0.1, -0.05) is 67.5 Å². The van der Waals surface area contributed by atoms with Gasteiger partial charge < -0.3 is 5.43 Å². The van der Waals surface area contributed by atoms with Crippen LogP contribution in [0.3, 0.4) is 0 Å². The van der Waals surface area contributed by atoms with Gasteiger partial charge in [0.05, 0.1) is 5.69 Å². The summed E-state index contributed by atoms with van der Waals surface area (Å²) in [6.07, 6.45) is 2.11. The molecule has 3 rings (SSSR count). The van der Waals surface area contributed by atoms with Gasteiger partial charge in [-0.2, -0.15) is 0 Å². The lowest BCUT2D eigenvalue weighted by Gasteiger charge is -2.16. The highest BCUT2D eigenvalue weighted by atomic mass is 32.1. The van der Waals surface area contributed by atoms with E-state index in [9.17, 15) is 0 Å². The summed E-state index contributed by atoms with van der Waals surface area (Å²) >= 11 is 1.95. The molecule has 4 heteroatoms. The van der Waals surface area contributed by atoms with Crippen LogP contribution in [0.25, 0.3) is 0 Å². The number of hydrogen-bond donors (Lipinski definition) is 2. The summed E-state index contributed by atoms with van der Waals surface area (Å²) < 4.78 is 0. The zero-order chi connectivity index (χ0) is 20.8. The first-order valence-corrected chi connectivity index (χ1v) is 11.2. The molecule has 0 radical (unpaired) electrons. The molecule has 1 aromatic carbocycles. The summed E-state index contributed by atoms with van der Waals surface area (Å²) in [4.78, 5) is 3.02. The predicted octanol–water partition coefficient (Wildman–Crippen LogP) is 7.13. The van der Waals surface area contributed by atoms with Crippen molar-refractivity contribution in [3.63, 3.8) is 0 Å². The van der Waals surface area contributed by atoms with Crippen molar-refractivity contribution in [1.82, 2.24) is 11.0 Å². The third-order valence-electron chi connectivity index (χ3n) is 4.83. The van der Waals surface area contributed by atoms with Gasteiger partial charge in [0.25, 0.3) is 0 Å². The van der Waals surface area contributed by atoms with E-state index in [0.717, 1.165) is 5.69 Å². The zero-order valence-corrected chi connectivity index (χ0v) is 19.5. The van der Waals surface area contributed by atoms with Crippen molar-refractivity contribution in [1.29, 1.82) is 0 Å². The Morgan fingerprint density at radius 3 is 1.57 bits per heavy atom. The molecule has 1 aliphatic heterocycles.